The first kappa shape index (κ1) is 19.0. The van der Waals surface area contributed by atoms with Gasteiger partial charge in [-0.2, -0.15) is 0 Å². The molecule has 1 amide bonds. The third kappa shape index (κ3) is 4.75. The van der Waals surface area contributed by atoms with E-state index >= 15 is 0 Å². The summed E-state index contributed by atoms with van der Waals surface area (Å²) in [6.07, 6.45) is 5.07. The molecular formula is C22H18FN3O2S. The third-order valence-electron chi connectivity index (χ3n) is 4.34. The van der Waals surface area contributed by atoms with E-state index < -0.39 is 0 Å². The van der Waals surface area contributed by atoms with Crippen molar-refractivity contribution in [3.63, 3.8) is 0 Å². The van der Waals surface area contributed by atoms with Crippen LogP contribution in [0.15, 0.2) is 70.7 Å². The highest BCUT2D eigenvalue weighted by Crippen LogP contribution is 2.23. The highest BCUT2D eigenvalue weighted by molar-refractivity contribution is 7.09. The normalized spacial score (nSPS) is 10.8. The molecule has 3 aromatic heterocycles. The highest BCUT2D eigenvalue weighted by atomic mass is 32.1. The zero-order valence-electron chi connectivity index (χ0n) is 15.5. The van der Waals surface area contributed by atoms with Crippen LogP contribution in [0.3, 0.4) is 0 Å². The van der Waals surface area contributed by atoms with E-state index in [-0.39, 0.29) is 17.5 Å². The summed E-state index contributed by atoms with van der Waals surface area (Å²) >= 11 is 1.61. The Balaban J connectivity index is 1.26. The molecule has 7 heteroatoms. The van der Waals surface area contributed by atoms with Gasteiger partial charge >= 0.3 is 0 Å². The van der Waals surface area contributed by atoms with E-state index in [0.29, 0.717) is 12.3 Å². The van der Waals surface area contributed by atoms with Crippen molar-refractivity contribution in [1.82, 2.24) is 15.3 Å². The predicted octanol–water partition coefficient (Wildman–Crippen LogP) is 4.97. The van der Waals surface area contributed by atoms with Gasteiger partial charge < -0.3 is 9.73 Å². The van der Waals surface area contributed by atoms with E-state index in [1.54, 1.807) is 48.0 Å². The maximum atomic E-state index is 13.0. The quantitative estimate of drug-likeness (QED) is 0.439. The molecule has 0 saturated carbocycles. The number of hydrogen-bond acceptors (Lipinski definition) is 5. The Morgan fingerprint density at radius 3 is 2.62 bits per heavy atom. The molecule has 0 aliphatic rings. The third-order valence-corrected chi connectivity index (χ3v) is 5.25. The van der Waals surface area contributed by atoms with Crippen molar-refractivity contribution < 1.29 is 13.6 Å². The number of hydrogen-bond donors (Lipinski definition) is 1. The fourth-order valence-electron chi connectivity index (χ4n) is 2.84. The number of carbonyl (C=O) groups excluding carboxylic acids is 1. The lowest BCUT2D eigenvalue weighted by molar-refractivity contribution is 0.0926. The highest BCUT2D eigenvalue weighted by Gasteiger charge is 2.12. The average molecular weight is 407 g/mol. The maximum Gasteiger partial charge on any atom is 0.287 e. The van der Waals surface area contributed by atoms with Gasteiger partial charge in [-0.3, -0.25) is 9.78 Å². The van der Waals surface area contributed by atoms with E-state index in [2.05, 4.69) is 15.3 Å². The van der Waals surface area contributed by atoms with Crippen LogP contribution in [0.1, 0.15) is 22.0 Å². The monoisotopic (exact) mass is 407 g/mol. The summed E-state index contributed by atoms with van der Waals surface area (Å²) in [7, 11) is 0. The number of furan rings is 1. The Hall–Kier alpha value is -3.32. The topological polar surface area (TPSA) is 68.0 Å². The molecule has 4 rings (SSSR count). The summed E-state index contributed by atoms with van der Waals surface area (Å²) in [5.41, 5.74) is 2.71. The van der Waals surface area contributed by atoms with Crippen LogP contribution >= 0.6 is 11.3 Å². The molecule has 0 fully saturated rings. The molecule has 29 heavy (non-hydrogen) atoms. The number of nitrogens with zero attached hydrogens (tertiary/aromatic N) is 2. The molecule has 146 valence electrons. The molecule has 1 aromatic carbocycles. The summed E-state index contributed by atoms with van der Waals surface area (Å²) in [5, 5.41) is 5.92. The van der Waals surface area contributed by atoms with E-state index in [4.69, 9.17) is 4.42 Å². The molecule has 0 aliphatic carbocycles. The van der Waals surface area contributed by atoms with Crippen LogP contribution in [0.5, 0.6) is 0 Å². The second-order valence-corrected chi connectivity index (χ2v) is 7.34. The molecule has 0 aliphatic heterocycles. The van der Waals surface area contributed by atoms with Gasteiger partial charge in [-0.05, 0) is 55.0 Å². The lowest BCUT2D eigenvalue weighted by Gasteiger charge is -2.02. The van der Waals surface area contributed by atoms with E-state index in [1.807, 2.05) is 17.5 Å². The minimum Gasteiger partial charge on any atom is -0.451 e. The van der Waals surface area contributed by atoms with Crippen molar-refractivity contribution in [2.24, 2.45) is 0 Å². The molecule has 5 nitrogen and oxygen atoms in total. The van der Waals surface area contributed by atoms with Gasteiger partial charge in [0.05, 0.1) is 10.7 Å². The molecule has 3 heterocycles. The second-order valence-electron chi connectivity index (χ2n) is 6.39. The fourth-order valence-corrected chi connectivity index (χ4v) is 3.69. The summed E-state index contributed by atoms with van der Waals surface area (Å²) in [6, 6.07) is 13.1. The molecule has 4 aromatic rings. The summed E-state index contributed by atoms with van der Waals surface area (Å²) in [4.78, 5) is 20.9. The Morgan fingerprint density at radius 2 is 1.83 bits per heavy atom. The summed E-state index contributed by atoms with van der Waals surface area (Å²) in [5.74, 6) is 0.182. The van der Waals surface area contributed by atoms with E-state index in [1.165, 1.54) is 12.1 Å². The van der Waals surface area contributed by atoms with Crippen LogP contribution in [0.25, 0.3) is 22.6 Å². The van der Waals surface area contributed by atoms with Gasteiger partial charge in [0.2, 0.25) is 0 Å². The van der Waals surface area contributed by atoms with Gasteiger partial charge in [0.15, 0.2) is 5.76 Å². The first-order valence-corrected chi connectivity index (χ1v) is 10.1. The van der Waals surface area contributed by atoms with Crippen molar-refractivity contribution in [3.05, 3.63) is 82.9 Å². The number of amides is 1. The average Bonchev–Trinajstić information content (AvgIpc) is 3.42. The number of carbonyl (C=O) groups is 1. The number of thiazole rings is 1. The molecular weight excluding hydrogens is 389 g/mol. The molecule has 0 saturated heterocycles. The molecule has 0 atom stereocenters. The fraction of sp³-hybridized carbons (Fsp3) is 0.136. The SMILES string of the molecule is O=C(NCCCc1nc(-c2ccncc2)cs1)c1ccc(-c2ccc(F)cc2)o1. The number of benzene rings is 1. The van der Waals surface area contributed by atoms with Crippen LogP contribution < -0.4 is 5.32 Å². The van der Waals surface area contributed by atoms with E-state index in [9.17, 15) is 9.18 Å². The summed E-state index contributed by atoms with van der Waals surface area (Å²) in [6.45, 7) is 0.523. The van der Waals surface area contributed by atoms with Crippen molar-refractivity contribution in [2.45, 2.75) is 12.8 Å². The van der Waals surface area contributed by atoms with Gasteiger partial charge in [0, 0.05) is 41.9 Å². The Morgan fingerprint density at radius 1 is 1.03 bits per heavy atom. The Labute approximate surface area is 171 Å². The van der Waals surface area contributed by atoms with Gasteiger partial charge in [-0.25, -0.2) is 9.37 Å². The van der Waals surface area contributed by atoms with Crippen molar-refractivity contribution in [2.75, 3.05) is 6.54 Å². The van der Waals surface area contributed by atoms with Crippen LogP contribution in [0.2, 0.25) is 0 Å². The first-order valence-electron chi connectivity index (χ1n) is 9.18. The largest absolute Gasteiger partial charge is 0.451 e. The maximum absolute atomic E-state index is 13.0. The lowest BCUT2D eigenvalue weighted by Crippen LogP contribution is -2.24. The number of halogens is 1. The Bertz CT molecular complexity index is 1090. The zero-order valence-corrected chi connectivity index (χ0v) is 16.3. The van der Waals surface area contributed by atoms with Gasteiger partial charge in [0.25, 0.3) is 5.91 Å². The molecule has 0 spiro atoms. The molecule has 0 bridgehead atoms. The number of aromatic nitrogens is 2. The molecule has 1 N–H and O–H groups in total. The van der Waals surface area contributed by atoms with Crippen molar-refractivity contribution in [1.29, 1.82) is 0 Å². The van der Waals surface area contributed by atoms with Crippen molar-refractivity contribution in [3.8, 4) is 22.6 Å². The number of nitrogens with one attached hydrogen (secondary N) is 1. The van der Waals surface area contributed by atoms with Crippen LogP contribution in [-0.2, 0) is 6.42 Å². The number of aryl methyl sites for hydroxylation is 1. The zero-order chi connectivity index (χ0) is 20.1. The van der Waals surface area contributed by atoms with Crippen LogP contribution in [0.4, 0.5) is 4.39 Å². The van der Waals surface area contributed by atoms with E-state index in [0.717, 1.165) is 34.7 Å². The van der Waals surface area contributed by atoms with Crippen molar-refractivity contribution >= 4 is 17.2 Å². The van der Waals surface area contributed by atoms with Crippen LogP contribution in [-0.4, -0.2) is 22.4 Å². The lowest BCUT2D eigenvalue weighted by atomic mass is 10.2. The summed E-state index contributed by atoms with van der Waals surface area (Å²) < 4.78 is 18.6. The molecule has 0 radical (unpaired) electrons. The number of pyridine rings is 1. The predicted molar refractivity (Wildman–Crippen MR) is 110 cm³/mol. The minimum absolute atomic E-state index is 0.235. The smallest absolute Gasteiger partial charge is 0.287 e. The molecule has 0 unspecified atom stereocenters. The standard InChI is InChI=1S/C22H18FN3O2S/c23-17-5-3-16(4-6-17)19-7-8-20(28-19)22(27)25-11-1-2-21-26-18(14-29-21)15-9-12-24-13-10-15/h3-10,12-14H,1-2,11H2,(H,25,27). The van der Waals surface area contributed by atoms with Gasteiger partial charge in [0.1, 0.15) is 11.6 Å². The minimum atomic E-state index is -0.314. The second kappa shape index (κ2) is 8.79. The first-order chi connectivity index (χ1) is 14.2. The number of rotatable bonds is 7. The van der Waals surface area contributed by atoms with Crippen LogP contribution in [0, 0.1) is 5.82 Å². The Kier molecular flexibility index (Phi) is 5.76. The van der Waals surface area contributed by atoms with Gasteiger partial charge in [-0.1, -0.05) is 0 Å². The van der Waals surface area contributed by atoms with Gasteiger partial charge in [-0.15, -0.1) is 11.3 Å².